The van der Waals surface area contributed by atoms with Gasteiger partial charge in [-0.15, -0.1) is 0 Å². The van der Waals surface area contributed by atoms with E-state index in [0.717, 1.165) is 0 Å². The Labute approximate surface area is 154 Å². The molecule has 0 fully saturated rings. The first-order valence-electron chi connectivity index (χ1n) is 7.79. The molecule has 0 spiro atoms. The maximum atomic E-state index is 12.7. The summed E-state index contributed by atoms with van der Waals surface area (Å²) in [6.07, 6.45) is -1.17. The number of halogens is 1. The van der Waals surface area contributed by atoms with E-state index in [2.05, 4.69) is 10.5 Å². The van der Waals surface area contributed by atoms with E-state index in [0.29, 0.717) is 11.3 Å². The van der Waals surface area contributed by atoms with Crippen LogP contribution in [0.3, 0.4) is 0 Å². The van der Waals surface area contributed by atoms with Crippen LogP contribution in [0.25, 0.3) is 0 Å². The van der Waals surface area contributed by atoms with Crippen molar-refractivity contribution in [2.45, 2.75) is 13.0 Å². The standard InChI is InChI=1S/C19H15ClN2O4/c1-12-11-16(22-26-12)21-18(23)17(13-7-3-2-4-8-13)25-19(24)14-9-5-6-10-15(14)20/h2-11,17H,1H3,(H,21,22,23)/t17-/m0/s1. The lowest BCUT2D eigenvalue weighted by atomic mass is 10.1. The number of aryl methyl sites for hydroxylation is 1. The highest BCUT2D eigenvalue weighted by Gasteiger charge is 2.27. The Balaban J connectivity index is 1.85. The van der Waals surface area contributed by atoms with Crippen molar-refractivity contribution in [2.24, 2.45) is 0 Å². The Hall–Kier alpha value is -3.12. The zero-order chi connectivity index (χ0) is 18.5. The van der Waals surface area contributed by atoms with Crippen LogP contribution in [0.15, 0.2) is 65.2 Å². The molecule has 1 heterocycles. The van der Waals surface area contributed by atoms with Crippen LogP contribution in [-0.2, 0) is 9.53 Å². The molecule has 1 atom stereocenters. The van der Waals surface area contributed by atoms with Gasteiger partial charge in [-0.25, -0.2) is 4.79 Å². The molecule has 0 saturated carbocycles. The van der Waals surface area contributed by atoms with E-state index in [1.807, 2.05) is 0 Å². The smallest absolute Gasteiger partial charge is 0.340 e. The predicted octanol–water partition coefficient (Wildman–Crippen LogP) is 4.17. The molecule has 0 saturated heterocycles. The summed E-state index contributed by atoms with van der Waals surface area (Å²) in [6.45, 7) is 1.70. The molecule has 2 aromatic carbocycles. The molecule has 0 radical (unpaired) electrons. The minimum atomic E-state index is -1.17. The summed E-state index contributed by atoms with van der Waals surface area (Å²) >= 11 is 6.04. The van der Waals surface area contributed by atoms with Crippen LogP contribution in [0.4, 0.5) is 5.82 Å². The minimum absolute atomic E-state index is 0.181. The molecule has 0 aliphatic carbocycles. The molecule has 1 amide bonds. The van der Waals surface area contributed by atoms with Gasteiger partial charge in [-0.05, 0) is 19.1 Å². The van der Waals surface area contributed by atoms with Gasteiger partial charge in [0, 0.05) is 11.6 Å². The minimum Gasteiger partial charge on any atom is -0.444 e. The number of ether oxygens (including phenoxy) is 1. The van der Waals surface area contributed by atoms with Crippen LogP contribution in [0, 0.1) is 6.92 Å². The highest BCUT2D eigenvalue weighted by Crippen LogP contribution is 2.24. The van der Waals surface area contributed by atoms with Gasteiger partial charge < -0.3 is 14.6 Å². The quantitative estimate of drug-likeness (QED) is 0.681. The Morgan fingerprint density at radius 2 is 1.81 bits per heavy atom. The molecule has 0 unspecified atom stereocenters. The van der Waals surface area contributed by atoms with E-state index >= 15 is 0 Å². The van der Waals surface area contributed by atoms with Crippen molar-refractivity contribution in [3.63, 3.8) is 0 Å². The molecule has 3 aromatic rings. The molecule has 26 heavy (non-hydrogen) atoms. The number of esters is 1. The molecule has 6 nitrogen and oxygen atoms in total. The summed E-state index contributed by atoms with van der Waals surface area (Å²) in [5.74, 6) is -0.465. The van der Waals surface area contributed by atoms with E-state index in [1.54, 1.807) is 61.5 Å². The highest BCUT2D eigenvalue weighted by molar-refractivity contribution is 6.33. The number of carbonyl (C=O) groups excluding carboxylic acids is 2. The fourth-order valence-electron chi connectivity index (χ4n) is 2.32. The number of anilines is 1. The van der Waals surface area contributed by atoms with Crippen molar-refractivity contribution in [1.29, 1.82) is 0 Å². The first-order valence-corrected chi connectivity index (χ1v) is 8.17. The summed E-state index contributed by atoms with van der Waals surface area (Å²) in [4.78, 5) is 25.2. The number of nitrogens with zero attached hydrogens (tertiary/aromatic N) is 1. The van der Waals surface area contributed by atoms with Crippen LogP contribution in [0.5, 0.6) is 0 Å². The van der Waals surface area contributed by atoms with Gasteiger partial charge in [-0.2, -0.15) is 0 Å². The largest absolute Gasteiger partial charge is 0.444 e. The van der Waals surface area contributed by atoms with Crippen LogP contribution < -0.4 is 5.32 Å². The average Bonchev–Trinajstić information content (AvgIpc) is 3.05. The number of benzene rings is 2. The molecule has 0 aliphatic heterocycles. The lowest BCUT2D eigenvalue weighted by Gasteiger charge is -2.17. The Bertz CT molecular complexity index is 924. The molecule has 7 heteroatoms. The van der Waals surface area contributed by atoms with Gasteiger partial charge in [-0.1, -0.05) is 59.2 Å². The lowest BCUT2D eigenvalue weighted by Crippen LogP contribution is -2.26. The third-order valence-electron chi connectivity index (χ3n) is 3.54. The zero-order valence-electron chi connectivity index (χ0n) is 13.8. The third kappa shape index (κ3) is 4.10. The van der Waals surface area contributed by atoms with Gasteiger partial charge in [0.05, 0.1) is 10.6 Å². The monoisotopic (exact) mass is 370 g/mol. The number of aromatic nitrogens is 1. The van der Waals surface area contributed by atoms with Gasteiger partial charge in [0.1, 0.15) is 5.76 Å². The maximum absolute atomic E-state index is 12.7. The fraction of sp³-hybridized carbons (Fsp3) is 0.105. The number of amides is 1. The fourth-order valence-corrected chi connectivity index (χ4v) is 2.53. The predicted molar refractivity (Wildman–Crippen MR) is 95.9 cm³/mol. The van der Waals surface area contributed by atoms with Crippen molar-refractivity contribution < 1.29 is 18.8 Å². The Morgan fingerprint density at radius 3 is 2.46 bits per heavy atom. The Kier molecular flexibility index (Phi) is 5.34. The van der Waals surface area contributed by atoms with Crippen LogP contribution in [0.2, 0.25) is 5.02 Å². The van der Waals surface area contributed by atoms with E-state index in [9.17, 15) is 9.59 Å². The average molecular weight is 371 g/mol. The lowest BCUT2D eigenvalue weighted by molar-refractivity contribution is -0.125. The van der Waals surface area contributed by atoms with Gasteiger partial charge in [0.2, 0.25) is 6.10 Å². The second-order valence-electron chi connectivity index (χ2n) is 5.49. The SMILES string of the molecule is Cc1cc(NC(=O)[C@@H](OC(=O)c2ccccc2Cl)c2ccccc2)no1. The summed E-state index contributed by atoms with van der Waals surface area (Å²) in [5, 5.41) is 6.54. The van der Waals surface area contributed by atoms with Crippen molar-refractivity contribution in [3.8, 4) is 0 Å². The van der Waals surface area contributed by atoms with E-state index in [4.69, 9.17) is 20.9 Å². The second-order valence-corrected chi connectivity index (χ2v) is 5.90. The van der Waals surface area contributed by atoms with E-state index < -0.39 is 18.0 Å². The number of nitrogens with one attached hydrogen (secondary N) is 1. The van der Waals surface area contributed by atoms with Crippen molar-refractivity contribution in [2.75, 3.05) is 5.32 Å². The molecule has 0 bridgehead atoms. The van der Waals surface area contributed by atoms with Gasteiger partial charge in [0.15, 0.2) is 5.82 Å². The summed E-state index contributed by atoms with van der Waals surface area (Å²) in [6, 6.07) is 16.7. The summed E-state index contributed by atoms with van der Waals surface area (Å²) in [7, 11) is 0. The zero-order valence-corrected chi connectivity index (χ0v) is 14.6. The summed E-state index contributed by atoms with van der Waals surface area (Å²) in [5.41, 5.74) is 0.700. The van der Waals surface area contributed by atoms with Gasteiger partial charge in [-0.3, -0.25) is 4.79 Å². The van der Waals surface area contributed by atoms with Gasteiger partial charge >= 0.3 is 5.97 Å². The van der Waals surface area contributed by atoms with E-state index in [1.165, 1.54) is 6.07 Å². The number of hydrogen-bond acceptors (Lipinski definition) is 5. The molecular weight excluding hydrogens is 356 g/mol. The molecule has 3 rings (SSSR count). The van der Waals surface area contributed by atoms with Crippen LogP contribution in [-0.4, -0.2) is 17.0 Å². The highest BCUT2D eigenvalue weighted by atomic mass is 35.5. The molecule has 0 aliphatic rings. The maximum Gasteiger partial charge on any atom is 0.340 e. The van der Waals surface area contributed by atoms with Crippen LogP contribution in [0.1, 0.15) is 27.8 Å². The molecular formula is C19H15ClN2O4. The summed E-state index contributed by atoms with van der Waals surface area (Å²) < 4.78 is 10.4. The van der Waals surface area contributed by atoms with Crippen molar-refractivity contribution in [3.05, 3.63) is 82.6 Å². The van der Waals surface area contributed by atoms with Crippen molar-refractivity contribution >= 4 is 29.3 Å². The number of carbonyl (C=O) groups is 2. The van der Waals surface area contributed by atoms with Gasteiger partial charge in [0.25, 0.3) is 5.91 Å². The number of rotatable bonds is 5. The first-order chi connectivity index (χ1) is 12.5. The van der Waals surface area contributed by atoms with Crippen molar-refractivity contribution in [1.82, 2.24) is 5.16 Å². The first kappa shape index (κ1) is 17.7. The normalized spacial score (nSPS) is 11.6. The second kappa shape index (κ2) is 7.84. The topological polar surface area (TPSA) is 81.4 Å². The number of hydrogen-bond donors (Lipinski definition) is 1. The molecule has 132 valence electrons. The van der Waals surface area contributed by atoms with E-state index in [-0.39, 0.29) is 16.4 Å². The third-order valence-corrected chi connectivity index (χ3v) is 3.87. The Morgan fingerprint density at radius 1 is 1.12 bits per heavy atom. The van der Waals surface area contributed by atoms with Crippen LogP contribution >= 0.6 is 11.6 Å². The molecule has 1 aromatic heterocycles. The molecule has 1 N–H and O–H groups in total.